The molecule has 0 spiro atoms. The quantitative estimate of drug-likeness (QED) is 0.500. The van der Waals surface area contributed by atoms with Crippen molar-refractivity contribution < 1.29 is 4.79 Å². The average molecular weight is 397 g/mol. The molecule has 9 heteroatoms. The summed E-state index contributed by atoms with van der Waals surface area (Å²) in [6.07, 6.45) is 4.76. The van der Waals surface area contributed by atoms with E-state index in [1.165, 1.54) is 6.20 Å². The van der Waals surface area contributed by atoms with Crippen molar-refractivity contribution in [3.05, 3.63) is 83.0 Å². The van der Waals surface area contributed by atoms with Crippen LogP contribution in [0.25, 0.3) is 21.5 Å². The van der Waals surface area contributed by atoms with Gasteiger partial charge < -0.3 is 10.6 Å². The highest BCUT2D eigenvalue weighted by atomic mass is 16.1. The molecule has 0 saturated carbocycles. The zero-order valence-electron chi connectivity index (χ0n) is 16.0. The number of para-hydroxylation sites is 2. The van der Waals surface area contributed by atoms with E-state index in [-0.39, 0.29) is 5.91 Å². The molecule has 2 N–H and O–H groups in total. The molecule has 2 heterocycles. The average Bonchev–Trinajstić information content (AvgIpc) is 3.28. The van der Waals surface area contributed by atoms with Gasteiger partial charge in [0.2, 0.25) is 5.65 Å². The monoisotopic (exact) mass is 397 g/mol. The molecule has 4 rings (SSSR count). The van der Waals surface area contributed by atoms with E-state index in [9.17, 15) is 4.79 Å². The molecule has 0 fully saturated rings. The molecule has 0 unspecified atom stereocenters. The zero-order valence-corrected chi connectivity index (χ0v) is 16.0. The zero-order chi connectivity index (χ0) is 20.9. The number of nitrogens with zero attached hydrogens (tertiary/aromatic N) is 6. The van der Waals surface area contributed by atoms with Crippen molar-refractivity contribution >= 4 is 34.1 Å². The lowest BCUT2D eigenvalue weighted by Gasteiger charge is -2.09. The number of carbonyl (C=O) groups excluding carboxylic acids is 1. The second-order valence-corrected chi connectivity index (χ2v) is 6.23. The second-order valence-electron chi connectivity index (χ2n) is 6.23. The van der Waals surface area contributed by atoms with Crippen LogP contribution in [-0.2, 0) is 0 Å². The van der Waals surface area contributed by atoms with Gasteiger partial charge in [0, 0.05) is 23.0 Å². The minimum atomic E-state index is -0.246. The van der Waals surface area contributed by atoms with E-state index in [1.54, 1.807) is 47.9 Å². The van der Waals surface area contributed by atoms with Crippen molar-refractivity contribution in [2.45, 2.75) is 6.92 Å². The maximum Gasteiger partial charge on any atom is 0.307 e. The number of aromatic nitrogens is 5. The minimum absolute atomic E-state index is 0.246. The number of hydrogen-bond donors (Lipinski definition) is 2. The van der Waals surface area contributed by atoms with Crippen LogP contribution in [0.2, 0.25) is 0 Å². The van der Waals surface area contributed by atoms with Crippen LogP contribution in [0.5, 0.6) is 0 Å². The Hall–Kier alpha value is -4.58. The van der Waals surface area contributed by atoms with Gasteiger partial charge in [-0.1, -0.05) is 18.2 Å². The van der Waals surface area contributed by atoms with Crippen LogP contribution in [0.3, 0.4) is 0 Å². The Morgan fingerprint density at radius 1 is 1.17 bits per heavy atom. The summed E-state index contributed by atoms with van der Waals surface area (Å²) in [6.45, 7) is 6.89. The first-order chi connectivity index (χ1) is 14.7. The molecule has 1 amide bonds. The topological polar surface area (TPSA) is 101 Å². The number of carbonyl (C=O) groups is 1. The van der Waals surface area contributed by atoms with Crippen molar-refractivity contribution in [3.63, 3.8) is 0 Å². The van der Waals surface area contributed by atoms with Crippen LogP contribution >= 0.6 is 0 Å². The Balaban J connectivity index is 1.57. The Morgan fingerprint density at radius 3 is 2.73 bits per heavy atom. The van der Waals surface area contributed by atoms with Gasteiger partial charge in [-0.15, -0.1) is 5.10 Å². The molecular formula is C21H17N8O+. The van der Waals surface area contributed by atoms with Crippen molar-refractivity contribution in [2.24, 2.45) is 0 Å². The van der Waals surface area contributed by atoms with Gasteiger partial charge in [0.05, 0.1) is 11.0 Å². The van der Waals surface area contributed by atoms with Gasteiger partial charge in [-0.25, -0.2) is 4.98 Å². The van der Waals surface area contributed by atoms with Crippen LogP contribution in [0, 0.1) is 6.57 Å². The van der Waals surface area contributed by atoms with E-state index >= 15 is 0 Å². The third kappa shape index (κ3) is 3.70. The van der Waals surface area contributed by atoms with E-state index in [1.807, 2.05) is 24.3 Å². The number of tetrazole rings is 1. The molecule has 0 aliphatic rings. The first-order valence-corrected chi connectivity index (χ1v) is 9.08. The molecule has 0 bridgehead atoms. The molecule has 0 saturated heterocycles. The van der Waals surface area contributed by atoms with Crippen LogP contribution in [0.4, 0.5) is 11.5 Å². The number of amides is 1. The summed E-state index contributed by atoms with van der Waals surface area (Å²) >= 11 is 0. The first-order valence-electron chi connectivity index (χ1n) is 9.08. The number of rotatable bonds is 5. The number of allylic oxidation sites excluding steroid dienone is 2. The largest absolute Gasteiger partial charge is 0.337 e. The molecule has 0 aliphatic carbocycles. The van der Waals surface area contributed by atoms with Gasteiger partial charge in [0.1, 0.15) is 0 Å². The van der Waals surface area contributed by atoms with E-state index in [0.29, 0.717) is 22.7 Å². The Bertz CT molecular complexity index is 1330. The second kappa shape index (κ2) is 8.20. The number of nitrogens with one attached hydrogen (secondary N) is 2. The third-order valence-electron chi connectivity index (χ3n) is 4.34. The predicted molar refractivity (Wildman–Crippen MR) is 114 cm³/mol. The third-order valence-corrected chi connectivity index (χ3v) is 4.34. The lowest BCUT2D eigenvalue weighted by molar-refractivity contribution is 0.0967. The van der Waals surface area contributed by atoms with Crippen LogP contribution in [-0.4, -0.2) is 30.9 Å². The highest BCUT2D eigenvalue weighted by Gasteiger charge is 2.12. The molecule has 2 aromatic heterocycles. The molecule has 0 atom stereocenters. The van der Waals surface area contributed by atoms with E-state index in [4.69, 9.17) is 6.57 Å². The highest BCUT2D eigenvalue weighted by molar-refractivity contribution is 5.96. The predicted octanol–water partition coefficient (Wildman–Crippen LogP) is 3.53. The van der Waals surface area contributed by atoms with Gasteiger partial charge in [-0.2, -0.15) is 4.52 Å². The van der Waals surface area contributed by atoms with Crippen molar-refractivity contribution in [2.75, 3.05) is 5.32 Å². The summed E-state index contributed by atoms with van der Waals surface area (Å²) in [7, 11) is 0. The number of anilines is 2. The summed E-state index contributed by atoms with van der Waals surface area (Å²) in [5.41, 5.74) is 3.91. The summed E-state index contributed by atoms with van der Waals surface area (Å²) in [5, 5.41) is 17.9. The van der Waals surface area contributed by atoms with E-state index < -0.39 is 0 Å². The van der Waals surface area contributed by atoms with Crippen molar-refractivity contribution in [1.29, 1.82) is 0 Å². The molecule has 0 radical (unpaired) electrons. The highest BCUT2D eigenvalue weighted by Crippen LogP contribution is 2.22. The molecule has 0 aliphatic heterocycles. The summed E-state index contributed by atoms with van der Waals surface area (Å²) in [5.74, 6) is 0.270. The Kier molecular flexibility index (Phi) is 5.13. The van der Waals surface area contributed by atoms with Crippen molar-refractivity contribution in [1.82, 2.24) is 30.3 Å². The maximum absolute atomic E-state index is 12.4. The van der Waals surface area contributed by atoms with Crippen LogP contribution in [0.1, 0.15) is 17.3 Å². The Labute approximate surface area is 171 Å². The summed E-state index contributed by atoms with van der Waals surface area (Å²) in [6, 6.07) is 14.6. The molecule has 30 heavy (non-hydrogen) atoms. The van der Waals surface area contributed by atoms with Gasteiger partial charge in [0.15, 0.2) is 5.82 Å². The summed E-state index contributed by atoms with van der Waals surface area (Å²) < 4.78 is 1.63. The van der Waals surface area contributed by atoms with E-state index in [2.05, 4.69) is 36.0 Å². The number of benzene rings is 2. The van der Waals surface area contributed by atoms with Crippen LogP contribution < -0.4 is 10.6 Å². The lowest BCUT2D eigenvalue weighted by atomic mass is 10.2. The van der Waals surface area contributed by atoms with Gasteiger partial charge in [-0.3, -0.25) is 4.79 Å². The normalized spacial score (nSPS) is 11.7. The van der Waals surface area contributed by atoms with E-state index in [0.717, 1.165) is 16.7 Å². The smallest absolute Gasteiger partial charge is 0.307 e. The first kappa shape index (κ1) is 18.8. The molecule has 9 nitrogen and oxygen atoms in total. The maximum atomic E-state index is 12.4. The van der Waals surface area contributed by atoms with Gasteiger partial charge in [0.25, 0.3) is 12.5 Å². The molecular weight excluding hydrogens is 380 g/mol. The van der Waals surface area contributed by atoms with Gasteiger partial charge >= 0.3 is 6.20 Å². The molecule has 146 valence electrons. The fourth-order valence-electron chi connectivity index (χ4n) is 2.87. The van der Waals surface area contributed by atoms with Gasteiger partial charge in [-0.05, 0) is 58.6 Å². The number of hydrogen-bond acceptors (Lipinski definition) is 6. The number of fused-ring (bicyclic) bond motifs is 3. The molecule has 4 aromatic rings. The minimum Gasteiger partial charge on any atom is -0.337 e. The standard InChI is InChI=1S/C21H16N8O/c1-3-15(12-13-22-2)24-21(30)14-8-10-16(11-9-14)23-19-20-26-27-28-29(20)18-7-5-4-6-17(18)25-19/h2-13H,1H3,(H-,23,24,25,30)/p+1. The van der Waals surface area contributed by atoms with Crippen LogP contribution in [0.15, 0.2) is 72.6 Å². The summed E-state index contributed by atoms with van der Waals surface area (Å²) in [4.78, 5) is 20.4. The Morgan fingerprint density at radius 2 is 1.97 bits per heavy atom. The lowest BCUT2D eigenvalue weighted by Crippen LogP contribution is -2.21. The van der Waals surface area contributed by atoms with Crippen molar-refractivity contribution in [3.8, 4) is 6.57 Å². The fourth-order valence-corrected chi connectivity index (χ4v) is 2.87. The fraction of sp³-hybridized carbons (Fsp3) is 0.0476. The SMILES string of the molecule is C#[N+]C=CC(=CC)NC(=O)c1ccc(Nc2nc3ccccc3n3nnnc23)cc1. The molecule has 2 aromatic carbocycles.